The number of nitrogens with zero attached hydrogens (tertiary/aromatic N) is 3. The van der Waals surface area contributed by atoms with E-state index < -0.39 is 0 Å². The standard InChI is InChI=1S/C31H36FN5O2/c1-3-26(38)33-14-15-34-30-25-13-12-24(23-11-5-8-20-17-19-7-4-10-22(19)27(20)23)28(32)29(25)35-31(36-30)39-18-21-9-6-16-37(21)2/h3,5,8,11-13,19,21-22H,1,4,6-7,9-10,14-18H2,2H3,(H,33,38)(H,34,35,36)/t19?,21-,22?/m0/s1. The van der Waals surface area contributed by atoms with E-state index in [1.54, 1.807) is 0 Å². The highest BCUT2D eigenvalue weighted by Crippen LogP contribution is 2.51. The number of ether oxygens (including phenoxy) is 1. The molecular formula is C31H36FN5O2. The van der Waals surface area contributed by atoms with Crippen LogP contribution in [0.5, 0.6) is 6.01 Å². The number of halogens is 1. The highest BCUT2D eigenvalue weighted by atomic mass is 19.1. The molecule has 1 saturated heterocycles. The van der Waals surface area contributed by atoms with Gasteiger partial charge < -0.3 is 20.3 Å². The summed E-state index contributed by atoms with van der Waals surface area (Å²) in [6.45, 7) is 5.75. The Bertz CT molecular complexity index is 1410. The molecule has 6 rings (SSSR count). The Hall–Kier alpha value is -3.52. The van der Waals surface area contributed by atoms with E-state index in [1.165, 1.54) is 36.5 Å². The third-order valence-electron chi connectivity index (χ3n) is 8.76. The summed E-state index contributed by atoms with van der Waals surface area (Å²) in [4.78, 5) is 23.0. The van der Waals surface area contributed by atoms with Gasteiger partial charge in [0.05, 0.1) is 0 Å². The molecule has 2 aromatic carbocycles. The molecule has 2 aliphatic carbocycles. The largest absolute Gasteiger partial charge is 0.462 e. The van der Waals surface area contributed by atoms with Gasteiger partial charge in [0.15, 0.2) is 5.82 Å². The fraction of sp³-hybridized carbons (Fsp3) is 0.452. The predicted octanol–water partition coefficient (Wildman–Crippen LogP) is 5.06. The van der Waals surface area contributed by atoms with Crippen molar-refractivity contribution < 1.29 is 13.9 Å². The summed E-state index contributed by atoms with van der Waals surface area (Å²) >= 11 is 0. The summed E-state index contributed by atoms with van der Waals surface area (Å²) in [6.07, 6.45) is 8.19. The van der Waals surface area contributed by atoms with Crippen LogP contribution in [0.1, 0.15) is 49.1 Å². The van der Waals surface area contributed by atoms with Crippen LogP contribution in [0.2, 0.25) is 0 Å². The van der Waals surface area contributed by atoms with Crippen LogP contribution in [0.15, 0.2) is 43.0 Å². The average molecular weight is 530 g/mol. The molecule has 1 saturated carbocycles. The fourth-order valence-electron chi connectivity index (χ4n) is 6.76. The molecule has 3 aromatic rings. The summed E-state index contributed by atoms with van der Waals surface area (Å²) in [5.41, 5.74) is 4.49. The maximum Gasteiger partial charge on any atom is 0.319 e. The third-order valence-corrected chi connectivity index (χ3v) is 8.76. The summed E-state index contributed by atoms with van der Waals surface area (Å²) in [7, 11) is 2.09. The van der Waals surface area contributed by atoms with E-state index in [9.17, 15) is 4.79 Å². The molecule has 0 radical (unpaired) electrons. The first-order valence-electron chi connectivity index (χ1n) is 14.1. The molecule has 2 N–H and O–H groups in total. The van der Waals surface area contributed by atoms with E-state index in [4.69, 9.17) is 4.74 Å². The van der Waals surface area contributed by atoms with Crippen LogP contribution in [0.3, 0.4) is 0 Å². The predicted molar refractivity (Wildman–Crippen MR) is 152 cm³/mol. The lowest BCUT2D eigenvalue weighted by atomic mass is 9.89. The monoisotopic (exact) mass is 529 g/mol. The number of fused-ring (bicyclic) bond motifs is 4. The zero-order valence-electron chi connectivity index (χ0n) is 22.5. The molecule has 1 aromatic heterocycles. The van der Waals surface area contributed by atoms with Crippen molar-refractivity contribution in [2.24, 2.45) is 5.92 Å². The number of aromatic nitrogens is 2. The van der Waals surface area contributed by atoms with Gasteiger partial charge in [-0.15, -0.1) is 0 Å². The number of hydrogen-bond acceptors (Lipinski definition) is 6. The lowest BCUT2D eigenvalue weighted by Gasteiger charge is -2.20. The number of hydrogen-bond donors (Lipinski definition) is 2. The number of likely N-dealkylation sites (N-methyl/N-ethyl adjacent to an activating group) is 1. The summed E-state index contributed by atoms with van der Waals surface area (Å²) < 4.78 is 22.5. The number of carbonyl (C=O) groups is 1. The number of benzene rings is 2. The fourth-order valence-corrected chi connectivity index (χ4v) is 6.76. The molecule has 2 heterocycles. The van der Waals surface area contributed by atoms with Crippen LogP contribution in [-0.2, 0) is 11.2 Å². The maximum absolute atomic E-state index is 16.4. The minimum Gasteiger partial charge on any atom is -0.462 e. The van der Waals surface area contributed by atoms with Crippen molar-refractivity contribution in [3.63, 3.8) is 0 Å². The van der Waals surface area contributed by atoms with E-state index in [0.29, 0.717) is 48.3 Å². The second-order valence-corrected chi connectivity index (χ2v) is 11.1. The molecule has 0 spiro atoms. The molecule has 204 valence electrons. The normalized spacial score (nSPS) is 22.1. The molecular weight excluding hydrogens is 493 g/mol. The highest BCUT2D eigenvalue weighted by molar-refractivity contribution is 5.93. The molecule has 7 nitrogen and oxygen atoms in total. The number of anilines is 1. The molecule has 1 aliphatic heterocycles. The van der Waals surface area contributed by atoms with Gasteiger partial charge in [0.2, 0.25) is 5.91 Å². The van der Waals surface area contributed by atoms with E-state index >= 15 is 4.39 Å². The van der Waals surface area contributed by atoms with Crippen LogP contribution in [-0.4, -0.2) is 60.1 Å². The first kappa shape index (κ1) is 25.7. The van der Waals surface area contributed by atoms with Gasteiger partial charge in [0.25, 0.3) is 0 Å². The Kier molecular flexibility index (Phi) is 7.21. The lowest BCUT2D eigenvalue weighted by molar-refractivity contribution is -0.116. The molecule has 3 aliphatic rings. The Morgan fingerprint density at radius 2 is 2.05 bits per heavy atom. The third kappa shape index (κ3) is 4.98. The average Bonchev–Trinajstić information content (AvgIpc) is 3.66. The second kappa shape index (κ2) is 10.9. The Morgan fingerprint density at radius 1 is 1.15 bits per heavy atom. The van der Waals surface area contributed by atoms with Crippen molar-refractivity contribution in [2.75, 3.05) is 38.6 Å². The SMILES string of the molecule is C=CC(=O)NCCNc1nc(OC[C@@H]2CCCN2C)nc2c(F)c(-c3cccc4c3C3CCCC3C4)ccc12. The maximum atomic E-state index is 16.4. The van der Waals surface area contributed by atoms with Crippen molar-refractivity contribution in [2.45, 2.75) is 50.5 Å². The van der Waals surface area contributed by atoms with Gasteiger partial charge in [-0.3, -0.25) is 4.79 Å². The van der Waals surface area contributed by atoms with E-state index in [-0.39, 0.29) is 29.3 Å². The van der Waals surface area contributed by atoms with Crippen LogP contribution >= 0.6 is 0 Å². The highest BCUT2D eigenvalue weighted by Gasteiger charge is 2.38. The topological polar surface area (TPSA) is 79.4 Å². The number of nitrogens with one attached hydrogen (secondary N) is 2. The van der Waals surface area contributed by atoms with Gasteiger partial charge in [-0.05, 0) is 86.4 Å². The molecule has 2 fully saturated rings. The minimum atomic E-state index is -0.351. The Morgan fingerprint density at radius 3 is 2.87 bits per heavy atom. The number of rotatable bonds is 9. The van der Waals surface area contributed by atoms with Crippen molar-refractivity contribution in [1.82, 2.24) is 20.2 Å². The summed E-state index contributed by atoms with van der Waals surface area (Å²) in [5, 5.41) is 6.57. The zero-order chi connectivity index (χ0) is 26.9. The molecule has 0 bridgehead atoms. The quantitative estimate of drug-likeness (QED) is 0.298. The van der Waals surface area contributed by atoms with Gasteiger partial charge in [-0.25, -0.2) is 4.39 Å². The van der Waals surface area contributed by atoms with Gasteiger partial charge in [0, 0.05) is 30.1 Å². The molecule has 8 heteroatoms. The first-order valence-corrected chi connectivity index (χ1v) is 14.1. The number of likely N-dealkylation sites (tertiary alicyclic amines) is 1. The van der Waals surface area contributed by atoms with E-state index in [0.717, 1.165) is 31.4 Å². The smallest absolute Gasteiger partial charge is 0.319 e. The molecule has 2 unspecified atom stereocenters. The lowest BCUT2D eigenvalue weighted by Crippen LogP contribution is -2.31. The van der Waals surface area contributed by atoms with Crippen LogP contribution in [0.25, 0.3) is 22.0 Å². The Labute approximate surface area is 228 Å². The van der Waals surface area contributed by atoms with E-state index in [2.05, 4.69) is 57.3 Å². The second-order valence-electron chi connectivity index (χ2n) is 11.1. The molecule has 39 heavy (non-hydrogen) atoms. The number of carbonyl (C=O) groups excluding carboxylic acids is 1. The van der Waals surface area contributed by atoms with Crippen molar-refractivity contribution in [3.05, 3.63) is 59.9 Å². The van der Waals surface area contributed by atoms with Crippen LogP contribution < -0.4 is 15.4 Å². The van der Waals surface area contributed by atoms with Gasteiger partial charge >= 0.3 is 6.01 Å². The first-order chi connectivity index (χ1) is 19.0. The van der Waals surface area contributed by atoms with Gasteiger partial charge in [-0.1, -0.05) is 37.3 Å². The summed E-state index contributed by atoms with van der Waals surface area (Å²) in [6, 6.07) is 10.5. The number of amides is 1. The van der Waals surface area contributed by atoms with Gasteiger partial charge in [-0.2, -0.15) is 9.97 Å². The van der Waals surface area contributed by atoms with Crippen LogP contribution in [0, 0.1) is 11.7 Å². The minimum absolute atomic E-state index is 0.158. The van der Waals surface area contributed by atoms with Gasteiger partial charge in [0.1, 0.15) is 17.9 Å². The van der Waals surface area contributed by atoms with E-state index in [1.807, 2.05) is 12.1 Å². The van der Waals surface area contributed by atoms with Crippen molar-refractivity contribution >= 4 is 22.6 Å². The van der Waals surface area contributed by atoms with Crippen molar-refractivity contribution in [3.8, 4) is 17.1 Å². The molecule has 1 amide bonds. The Balaban J connectivity index is 1.36. The zero-order valence-corrected chi connectivity index (χ0v) is 22.5. The van der Waals surface area contributed by atoms with Crippen molar-refractivity contribution in [1.29, 1.82) is 0 Å². The van der Waals surface area contributed by atoms with Crippen LogP contribution in [0.4, 0.5) is 10.2 Å². The molecule has 3 atom stereocenters. The summed E-state index contributed by atoms with van der Waals surface area (Å²) in [5.74, 6) is 1.09.